The topological polar surface area (TPSA) is 58.6 Å². The summed E-state index contributed by atoms with van der Waals surface area (Å²) in [6.45, 7) is 5.19. The van der Waals surface area contributed by atoms with E-state index in [2.05, 4.69) is 15.1 Å². The van der Waals surface area contributed by atoms with Gasteiger partial charge in [0.2, 0.25) is 5.88 Å². The zero-order valence-electron chi connectivity index (χ0n) is 13.5. The molecule has 0 spiro atoms. The molecule has 0 N–H and O–H groups in total. The second-order valence-corrected chi connectivity index (χ2v) is 5.89. The fraction of sp³-hybridized carbons (Fsp3) is 0.353. The minimum Gasteiger partial charge on any atom is -0.477 e. The Morgan fingerprint density at radius 2 is 1.96 bits per heavy atom. The lowest BCUT2D eigenvalue weighted by atomic mass is 10.2. The predicted molar refractivity (Wildman–Crippen MR) is 92.8 cm³/mol. The largest absolute Gasteiger partial charge is 0.477 e. The number of amides is 1. The van der Waals surface area contributed by atoms with Gasteiger partial charge in [-0.1, -0.05) is 17.7 Å². The van der Waals surface area contributed by atoms with E-state index in [1.165, 1.54) is 0 Å². The first-order valence-corrected chi connectivity index (χ1v) is 8.31. The summed E-state index contributed by atoms with van der Waals surface area (Å²) in [6.07, 6.45) is 0. The van der Waals surface area contributed by atoms with Gasteiger partial charge in [0.25, 0.3) is 5.91 Å². The molecule has 0 unspecified atom stereocenters. The Morgan fingerprint density at radius 3 is 2.58 bits per heavy atom. The van der Waals surface area contributed by atoms with Crippen molar-refractivity contribution < 1.29 is 9.53 Å². The average molecular weight is 347 g/mol. The molecular formula is C17H19ClN4O2. The number of anilines is 1. The molecule has 1 amide bonds. The van der Waals surface area contributed by atoms with Crippen LogP contribution in [0.4, 0.5) is 5.82 Å². The molecule has 1 saturated heterocycles. The molecule has 6 nitrogen and oxygen atoms in total. The second-order valence-electron chi connectivity index (χ2n) is 5.45. The molecule has 126 valence electrons. The van der Waals surface area contributed by atoms with E-state index in [1.54, 1.807) is 24.3 Å². The Balaban J connectivity index is 1.60. The van der Waals surface area contributed by atoms with E-state index in [1.807, 2.05) is 24.0 Å². The van der Waals surface area contributed by atoms with Crippen molar-refractivity contribution in [3.63, 3.8) is 0 Å². The van der Waals surface area contributed by atoms with Crippen molar-refractivity contribution in [3.05, 3.63) is 47.0 Å². The normalized spacial score (nSPS) is 14.6. The average Bonchev–Trinajstić information content (AvgIpc) is 2.62. The van der Waals surface area contributed by atoms with E-state index < -0.39 is 0 Å². The van der Waals surface area contributed by atoms with Gasteiger partial charge < -0.3 is 14.5 Å². The van der Waals surface area contributed by atoms with Crippen LogP contribution in [-0.2, 0) is 0 Å². The zero-order chi connectivity index (χ0) is 16.9. The van der Waals surface area contributed by atoms with Crippen molar-refractivity contribution in [1.29, 1.82) is 0 Å². The monoisotopic (exact) mass is 346 g/mol. The first-order chi connectivity index (χ1) is 11.7. The van der Waals surface area contributed by atoms with Gasteiger partial charge in [0.1, 0.15) is 0 Å². The van der Waals surface area contributed by atoms with E-state index in [4.69, 9.17) is 16.3 Å². The molecule has 1 aromatic heterocycles. The van der Waals surface area contributed by atoms with Gasteiger partial charge >= 0.3 is 0 Å². The molecule has 0 atom stereocenters. The highest BCUT2D eigenvalue weighted by Gasteiger charge is 2.23. The Hall–Kier alpha value is -2.34. The Bertz CT molecular complexity index is 700. The maximum Gasteiger partial charge on any atom is 0.254 e. The SMILES string of the molecule is CCOc1ccc(N2CCN(C(=O)c3cccc(Cl)c3)CC2)nn1. The molecule has 0 bridgehead atoms. The van der Waals surface area contributed by atoms with E-state index >= 15 is 0 Å². The molecule has 1 aromatic carbocycles. The zero-order valence-corrected chi connectivity index (χ0v) is 14.2. The van der Waals surface area contributed by atoms with Crippen LogP contribution >= 0.6 is 11.6 Å². The number of hydrogen-bond acceptors (Lipinski definition) is 5. The molecule has 1 aliphatic rings. The molecule has 2 aromatic rings. The predicted octanol–water partition coefficient (Wildman–Crippen LogP) is 2.49. The molecule has 2 heterocycles. The third-order valence-electron chi connectivity index (χ3n) is 3.88. The number of piperazine rings is 1. The summed E-state index contributed by atoms with van der Waals surface area (Å²) in [4.78, 5) is 16.5. The molecule has 0 radical (unpaired) electrons. The van der Waals surface area contributed by atoms with Gasteiger partial charge in [-0.3, -0.25) is 4.79 Å². The van der Waals surface area contributed by atoms with Crippen molar-refractivity contribution in [2.75, 3.05) is 37.7 Å². The van der Waals surface area contributed by atoms with Crippen LogP contribution in [0.3, 0.4) is 0 Å². The summed E-state index contributed by atoms with van der Waals surface area (Å²) >= 11 is 5.96. The minimum absolute atomic E-state index is 0.00919. The summed E-state index contributed by atoms with van der Waals surface area (Å²) < 4.78 is 5.30. The van der Waals surface area contributed by atoms with Crippen molar-refractivity contribution in [2.24, 2.45) is 0 Å². The van der Waals surface area contributed by atoms with Crippen molar-refractivity contribution in [1.82, 2.24) is 15.1 Å². The Kier molecular flexibility index (Phi) is 5.15. The van der Waals surface area contributed by atoms with E-state index in [0.29, 0.717) is 36.2 Å². The van der Waals surface area contributed by atoms with Crippen LogP contribution in [0, 0.1) is 0 Å². The summed E-state index contributed by atoms with van der Waals surface area (Å²) in [5.41, 5.74) is 0.622. The lowest BCUT2D eigenvalue weighted by molar-refractivity contribution is 0.0746. The number of carbonyl (C=O) groups is 1. The lowest BCUT2D eigenvalue weighted by Gasteiger charge is -2.35. The molecule has 7 heteroatoms. The highest BCUT2D eigenvalue weighted by molar-refractivity contribution is 6.30. The highest BCUT2D eigenvalue weighted by atomic mass is 35.5. The minimum atomic E-state index is 0.00919. The molecular weight excluding hydrogens is 328 g/mol. The summed E-state index contributed by atoms with van der Waals surface area (Å²) in [7, 11) is 0. The third-order valence-corrected chi connectivity index (χ3v) is 4.12. The molecule has 0 aliphatic carbocycles. The van der Waals surface area contributed by atoms with Crippen LogP contribution in [0.15, 0.2) is 36.4 Å². The van der Waals surface area contributed by atoms with Crippen molar-refractivity contribution in [2.45, 2.75) is 6.92 Å². The number of aromatic nitrogens is 2. The summed E-state index contributed by atoms with van der Waals surface area (Å²) in [5, 5.41) is 8.81. The standard InChI is InChI=1S/C17H19ClN4O2/c1-2-24-16-7-6-15(19-20-16)21-8-10-22(11-9-21)17(23)13-4-3-5-14(18)12-13/h3-7,12H,2,8-11H2,1H3. The van der Waals surface area contributed by atoms with E-state index in [-0.39, 0.29) is 5.91 Å². The Labute approximate surface area is 146 Å². The maximum absolute atomic E-state index is 12.5. The number of carbonyl (C=O) groups excluding carboxylic acids is 1. The van der Waals surface area contributed by atoms with E-state index in [0.717, 1.165) is 18.9 Å². The highest BCUT2D eigenvalue weighted by Crippen LogP contribution is 2.17. The molecule has 3 rings (SSSR count). The smallest absolute Gasteiger partial charge is 0.254 e. The fourth-order valence-corrected chi connectivity index (χ4v) is 2.84. The molecule has 0 saturated carbocycles. The third kappa shape index (κ3) is 3.76. The van der Waals surface area contributed by atoms with Crippen LogP contribution in [0.1, 0.15) is 17.3 Å². The quantitative estimate of drug-likeness (QED) is 0.851. The van der Waals surface area contributed by atoms with Crippen LogP contribution in [0.5, 0.6) is 5.88 Å². The van der Waals surface area contributed by atoms with Gasteiger partial charge in [0, 0.05) is 42.8 Å². The fourth-order valence-electron chi connectivity index (χ4n) is 2.65. The lowest BCUT2D eigenvalue weighted by Crippen LogP contribution is -2.49. The summed E-state index contributed by atoms with van der Waals surface area (Å²) in [6, 6.07) is 10.8. The van der Waals surface area contributed by atoms with Gasteiger partial charge in [-0.15, -0.1) is 10.2 Å². The number of nitrogens with zero attached hydrogens (tertiary/aromatic N) is 4. The first kappa shape index (κ1) is 16.5. The first-order valence-electron chi connectivity index (χ1n) is 7.93. The summed E-state index contributed by atoms with van der Waals surface area (Å²) in [5.74, 6) is 1.33. The molecule has 1 fully saturated rings. The van der Waals surface area contributed by atoms with E-state index in [9.17, 15) is 4.79 Å². The van der Waals surface area contributed by atoms with Gasteiger partial charge in [0.15, 0.2) is 5.82 Å². The van der Waals surface area contributed by atoms with Gasteiger partial charge in [0.05, 0.1) is 6.61 Å². The van der Waals surface area contributed by atoms with Crippen molar-refractivity contribution >= 4 is 23.3 Å². The number of rotatable bonds is 4. The van der Waals surface area contributed by atoms with Crippen LogP contribution in [0.25, 0.3) is 0 Å². The molecule has 1 aliphatic heterocycles. The van der Waals surface area contributed by atoms with Crippen molar-refractivity contribution in [3.8, 4) is 5.88 Å². The number of hydrogen-bond donors (Lipinski definition) is 0. The Morgan fingerprint density at radius 1 is 1.17 bits per heavy atom. The number of halogens is 1. The number of benzene rings is 1. The van der Waals surface area contributed by atoms with Gasteiger partial charge in [-0.25, -0.2) is 0 Å². The maximum atomic E-state index is 12.5. The second kappa shape index (κ2) is 7.49. The van der Waals surface area contributed by atoms with Gasteiger partial charge in [-0.2, -0.15) is 0 Å². The van der Waals surface area contributed by atoms with Crippen LogP contribution in [0.2, 0.25) is 5.02 Å². The molecule has 24 heavy (non-hydrogen) atoms. The number of ether oxygens (including phenoxy) is 1. The van der Waals surface area contributed by atoms with Crippen LogP contribution in [-0.4, -0.2) is 53.8 Å². The van der Waals surface area contributed by atoms with Gasteiger partial charge in [-0.05, 0) is 31.2 Å². The van der Waals surface area contributed by atoms with Crippen LogP contribution < -0.4 is 9.64 Å².